The molecule has 0 bridgehead atoms. The van der Waals surface area contributed by atoms with E-state index in [4.69, 9.17) is 19.3 Å². The molecule has 0 atom stereocenters. The Balaban J connectivity index is 2.57. The summed E-state index contributed by atoms with van der Waals surface area (Å²) >= 11 is 0. The molecule has 1 N–H and O–H groups in total. The van der Waals surface area contributed by atoms with Gasteiger partial charge < -0.3 is 19.3 Å². The number of nitro groups is 1. The number of nitrogens with zero attached hydrogens (tertiary/aromatic N) is 2. The molecule has 0 aliphatic rings. The van der Waals surface area contributed by atoms with Crippen molar-refractivity contribution in [1.29, 1.82) is 0 Å². The normalized spacial score (nSPS) is 10.2. The first-order valence-electron chi connectivity index (χ1n) is 5.63. The van der Waals surface area contributed by atoms with Crippen LogP contribution in [0, 0.1) is 10.1 Å². The highest BCUT2D eigenvalue weighted by Crippen LogP contribution is 2.21. The van der Waals surface area contributed by atoms with Crippen LogP contribution in [-0.4, -0.2) is 54.5 Å². The summed E-state index contributed by atoms with van der Waals surface area (Å²) in [7, 11) is 1.55. The van der Waals surface area contributed by atoms with Crippen LogP contribution in [0.15, 0.2) is 12.3 Å². The van der Waals surface area contributed by atoms with Gasteiger partial charge in [0, 0.05) is 13.2 Å². The Kier molecular flexibility index (Phi) is 6.33. The third kappa shape index (κ3) is 4.78. The van der Waals surface area contributed by atoms with Crippen molar-refractivity contribution in [3.8, 4) is 5.88 Å². The number of hydrogen-bond donors (Lipinski definition) is 1. The monoisotopic (exact) mass is 286 g/mol. The summed E-state index contributed by atoms with van der Waals surface area (Å²) in [6.07, 6.45) is 0.852. The molecule has 0 radical (unpaired) electrons. The minimum absolute atomic E-state index is 0.0108. The van der Waals surface area contributed by atoms with Crippen LogP contribution in [0.3, 0.4) is 0 Å². The number of aromatic carboxylic acids is 1. The van der Waals surface area contributed by atoms with E-state index < -0.39 is 22.1 Å². The molecule has 0 saturated carbocycles. The molecule has 0 aliphatic heterocycles. The Bertz CT molecular complexity index is 478. The first-order valence-corrected chi connectivity index (χ1v) is 5.63. The number of rotatable bonds is 9. The number of pyridine rings is 1. The summed E-state index contributed by atoms with van der Waals surface area (Å²) in [6, 6.07) is 1.01. The lowest BCUT2D eigenvalue weighted by Gasteiger charge is -2.06. The van der Waals surface area contributed by atoms with E-state index in [-0.39, 0.29) is 19.1 Å². The molecule has 9 nitrogen and oxygen atoms in total. The van der Waals surface area contributed by atoms with Crippen molar-refractivity contribution in [2.75, 3.05) is 33.5 Å². The molecule has 0 saturated heterocycles. The quantitative estimate of drug-likeness (QED) is 0.400. The molecular weight excluding hydrogens is 272 g/mol. The Hall–Kier alpha value is -2.26. The zero-order chi connectivity index (χ0) is 15.0. The molecule has 0 spiro atoms. The van der Waals surface area contributed by atoms with Gasteiger partial charge in [-0.3, -0.25) is 10.1 Å². The van der Waals surface area contributed by atoms with Crippen LogP contribution < -0.4 is 4.74 Å². The van der Waals surface area contributed by atoms with Crippen LogP contribution in [0.5, 0.6) is 5.88 Å². The smallest absolute Gasteiger partial charge is 0.342 e. The van der Waals surface area contributed by atoms with Crippen LogP contribution in [0.25, 0.3) is 0 Å². The van der Waals surface area contributed by atoms with Gasteiger partial charge in [-0.05, 0) is 0 Å². The van der Waals surface area contributed by atoms with E-state index >= 15 is 0 Å². The van der Waals surface area contributed by atoms with E-state index in [1.54, 1.807) is 7.11 Å². The topological polar surface area (TPSA) is 121 Å². The fraction of sp³-hybridized carbons (Fsp3) is 0.455. The summed E-state index contributed by atoms with van der Waals surface area (Å²) in [5.41, 5.74) is -1.05. The van der Waals surface area contributed by atoms with Gasteiger partial charge in [-0.2, -0.15) is 0 Å². The molecule has 1 heterocycles. The molecule has 0 aromatic carbocycles. The number of carboxylic acid groups (broad SMARTS) is 1. The van der Waals surface area contributed by atoms with E-state index in [0.717, 1.165) is 12.3 Å². The second-order valence-corrected chi connectivity index (χ2v) is 3.56. The Morgan fingerprint density at radius 1 is 1.40 bits per heavy atom. The number of aromatic nitrogens is 1. The van der Waals surface area contributed by atoms with Gasteiger partial charge >= 0.3 is 11.7 Å². The predicted octanol–water partition coefficient (Wildman–Crippen LogP) is 0.730. The van der Waals surface area contributed by atoms with Gasteiger partial charge in [-0.15, -0.1) is 0 Å². The lowest BCUT2D eigenvalue weighted by atomic mass is 10.2. The van der Waals surface area contributed by atoms with Gasteiger partial charge in [0.1, 0.15) is 18.4 Å². The summed E-state index contributed by atoms with van der Waals surface area (Å²) in [6.45, 7) is 1.28. The SMILES string of the molecule is COCCOCCOc1cc(C(=O)O)c([N+](=O)[O-])cn1. The van der Waals surface area contributed by atoms with Crippen LogP contribution in [0.4, 0.5) is 5.69 Å². The zero-order valence-corrected chi connectivity index (χ0v) is 10.8. The molecule has 0 fully saturated rings. The van der Waals surface area contributed by atoms with Crippen molar-refractivity contribution < 1.29 is 29.0 Å². The molecule has 0 amide bonds. The maximum absolute atomic E-state index is 10.9. The van der Waals surface area contributed by atoms with Crippen molar-refractivity contribution in [3.63, 3.8) is 0 Å². The third-order valence-electron chi connectivity index (χ3n) is 2.19. The lowest BCUT2D eigenvalue weighted by Crippen LogP contribution is -2.11. The maximum atomic E-state index is 10.9. The zero-order valence-electron chi connectivity index (χ0n) is 10.8. The van der Waals surface area contributed by atoms with E-state index in [1.165, 1.54) is 0 Å². The average Bonchev–Trinajstić information content (AvgIpc) is 2.42. The molecule has 1 rings (SSSR count). The van der Waals surface area contributed by atoms with E-state index in [1.807, 2.05) is 0 Å². The first-order chi connectivity index (χ1) is 9.56. The number of hydrogen-bond acceptors (Lipinski definition) is 7. The lowest BCUT2D eigenvalue weighted by molar-refractivity contribution is -0.385. The second kappa shape index (κ2) is 8.02. The van der Waals surface area contributed by atoms with Gasteiger partial charge in [0.2, 0.25) is 5.88 Å². The van der Waals surface area contributed by atoms with Crippen LogP contribution in [-0.2, 0) is 9.47 Å². The van der Waals surface area contributed by atoms with Crippen molar-refractivity contribution in [2.24, 2.45) is 0 Å². The molecule has 20 heavy (non-hydrogen) atoms. The van der Waals surface area contributed by atoms with Gasteiger partial charge in [-0.1, -0.05) is 0 Å². The minimum Gasteiger partial charge on any atom is -0.477 e. The number of methoxy groups -OCH3 is 1. The first kappa shape index (κ1) is 15.8. The molecule has 110 valence electrons. The van der Waals surface area contributed by atoms with Gasteiger partial charge in [0.25, 0.3) is 0 Å². The highest BCUT2D eigenvalue weighted by Gasteiger charge is 2.21. The Morgan fingerprint density at radius 3 is 2.70 bits per heavy atom. The van der Waals surface area contributed by atoms with Crippen LogP contribution >= 0.6 is 0 Å². The number of carboxylic acids is 1. The minimum atomic E-state index is -1.42. The number of carbonyl (C=O) groups is 1. The Morgan fingerprint density at radius 2 is 2.10 bits per heavy atom. The van der Waals surface area contributed by atoms with Gasteiger partial charge in [0.05, 0.1) is 24.7 Å². The summed E-state index contributed by atoms with van der Waals surface area (Å²) in [5.74, 6) is -1.43. The second-order valence-electron chi connectivity index (χ2n) is 3.56. The van der Waals surface area contributed by atoms with Crippen LogP contribution in [0.1, 0.15) is 10.4 Å². The molecule has 0 unspecified atom stereocenters. The molecular formula is C11H14N2O7. The largest absolute Gasteiger partial charge is 0.477 e. The van der Waals surface area contributed by atoms with Crippen molar-refractivity contribution in [3.05, 3.63) is 27.9 Å². The van der Waals surface area contributed by atoms with Gasteiger partial charge in [-0.25, -0.2) is 9.78 Å². The summed E-state index contributed by atoms with van der Waals surface area (Å²) in [4.78, 5) is 24.4. The highest BCUT2D eigenvalue weighted by molar-refractivity contribution is 5.92. The predicted molar refractivity (Wildman–Crippen MR) is 66.0 cm³/mol. The van der Waals surface area contributed by atoms with E-state index in [9.17, 15) is 14.9 Å². The third-order valence-corrected chi connectivity index (χ3v) is 2.19. The Labute approximate surface area is 114 Å². The standard InChI is InChI=1S/C11H14N2O7/c1-18-2-3-19-4-5-20-10-6-8(11(14)15)9(7-12-10)13(16)17/h6-7H,2-5H2,1H3,(H,14,15). The number of ether oxygens (including phenoxy) is 3. The summed E-state index contributed by atoms with van der Waals surface area (Å²) in [5, 5.41) is 19.5. The molecule has 9 heteroatoms. The highest BCUT2D eigenvalue weighted by atomic mass is 16.6. The molecule has 1 aromatic rings. The van der Waals surface area contributed by atoms with Gasteiger partial charge in [0.15, 0.2) is 0 Å². The summed E-state index contributed by atoms with van der Waals surface area (Å²) < 4.78 is 15.1. The molecule has 0 aliphatic carbocycles. The maximum Gasteiger partial charge on any atom is 0.342 e. The van der Waals surface area contributed by atoms with Crippen LogP contribution in [0.2, 0.25) is 0 Å². The van der Waals surface area contributed by atoms with E-state index in [2.05, 4.69) is 4.98 Å². The fourth-order valence-corrected chi connectivity index (χ4v) is 1.27. The van der Waals surface area contributed by atoms with E-state index in [0.29, 0.717) is 13.2 Å². The average molecular weight is 286 g/mol. The molecule has 1 aromatic heterocycles. The van der Waals surface area contributed by atoms with Crippen molar-refractivity contribution in [1.82, 2.24) is 4.98 Å². The van der Waals surface area contributed by atoms with Crippen molar-refractivity contribution >= 4 is 11.7 Å². The fourth-order valence-electron chi connectivity index (χ4n) is 1.27. The van der Waals surface area contributed by atoms with Crippen molar-refractivity contribution in [2.45, 2.75) is 0 Å².